The van der Waals surface area contributed by atoms with Crippen LogP contribution in [0.15, 0.2) is 41.5 Å². The van der Waals surface area contributed by atoms with E-state index in [1.54, 1.807) is 20.4 Å². The minimum Gasteiger partial charge on any atom is -0.493 e. The van der Waals surface area contributed by atoms with Gasteiger partial charge in [-0.2, -0.15) is 0 Å². The van der Waals surface area contributed by atoms with Gasteiger partial charge >= 0.3 is 0 Å². The van der Waals surface area contributed by atoms with Gasteiger partial charge in [0.25, 0.3) is 0 Å². The lowest BCUT2D eigenvalue weighted by molar-refractivity contribution is 0.199. The molecule has 2 N–H and O–H groups in total. The van der Waals surface area contributed by atoms with Crippen molar-refractivity contribution in [1.82, 2.24) is 10.3 Å². The molecular weight excluding hydrogens is 368 g/mol. The van der Waals surface area contributed by atoms with Crippen LogP contribution in [0, 0.1) is 0 Å². The highest BCUT2D eigenvalue weighted by atomic mass is 16.5. The van der Waals surface area contributed by atoms with Crippen molar-refractivity contribution >= 4 is 11.6 Å². The second kappa shape index (κ2) is 10.5. The minimum absolute atomic E-state index is 0.275. The smallest absolute Gasteiger partial charge is 0.218 e. The summed E-state index contributed by atoms with van der Waals surface area (Å²) >= 11 is 0. The van der Waals surface area contributed by atoms with Crippen LogP contribution in [0.1, 0.15) is 38.2 Å². The molecular formula is C22H30N4O3. The van der Waals surface area contributed by atoms with E-state index in [1.165, 1.54) is 12.8 Å². The molecule has 1 fully saturated rings. The third kappa shape index (κ3) is 5.76. The van der Waals surface area contributed by atoms with Crippen LogP contribution in [0.3, 0.4) is 0 Å². The van der Waals surface area contributed by atoms with Gasteiger partial charge in [-0.3, -0.25) is 4.99 Å². The number of hydrogen-bond donors (Lipinski definition) is 2. The van der Waals surface area contributed by atoms with Crippen LogP contribution < -0.4 is 24.8 Å². The maximum Gasteiger partial charge on any atom is 0.218 e. The fraction of sp³-hybridized carbons (Fsp3) is 0.455. The molecule has 1 aliphatic carbocycles. The second-order valence-corrected chi connectivity index (χ2v) is 6.84. The highest BCUT2D eigenvalue weighted by molar-refractivity contribution is 5.93. The van der Waals surface area contributed by atoms with Crippen molar-refractivity contribution in [2.24, 2.45) is 4.99 Å². The maximum absolute atomic E-state index is 6.12. The average Bonchev–Trinajstić information content (AvgIpc) is 3.25. The molecule has 1 heterocycles. The van der Waals surface area contributed by atoms with Crippen LogP contribution in [0.5, 0.6) is 17.4 Å². The summed E-state index contributed by atoms with van der Waals surface area (Å²) in [6.45, 7) is 3.07. The Labute approximate surface area is 172 Å². The number of guanidine groups is 1. The topological polar surface area (TPSA) is 77.0 Å². The van der Waals surface area contributed by atoms with Gasteiger partial charge in [-0.15, -0.1) is 0 Å². The summed E-state index contributed by atoms with van der Waals surface area (Å²) in [5, 5.41) is 6.61. The highest BCUT2D eigenvalue weighted by Gasteiger charge is 2.18. The zero-order valence-corrected chi connectivity index (χ0v) is 17.4. The zero-order chi connectivity index (χ0) is 20.5. The molecule has 0 radical (unpaired) electrons. The normalized spacial score (nSPS) is 14.5. The maximum atomic E-state index is 6.12. The van der Waals surface area contributed by atoms with Crippen molar-refractivity contribution in [2.75, 3.05) is 26.1 Å². The monoisotopic (exact) mass is 398 g/mol. The number of aromatic nitrogens is 1. The second-order valence-electron chi connectivity index (χ2n) is 6.84. The Morgan fingerprint density at radius 3 is 2.76 bits per heavy atom. The summed E-state index contributed by atoms with van der Waals surface area (Å²) in [6.07, 6.45) is 6.71. The molecule has 0 saturated heterocycles. The Kier molecular flexibility index (Phi) is 7.55. The molecule has 0 atom stereocenters. The first-order valence-electron chi connectivity index (χ1n) is 10.1. The molecule has 0 bridgehead atoms. The van der Waals surface area contributed by atoms with E-state index in [4.69, 9.17) is 14.2 Å². The van der Waals surface area contributed by atoms with Gasteiger partial charge in [0.05, 0.1) is 13.7 Å². The third-order valence-electron chi connectivity index (χ3n) is 4.83. The molecule has 7 heteroatoms. The molecule has 156 valence electrons. The fourth-order valence-corrected chi connectivity index (χ4v) is 3.35. The first-order valence-corrected chi connectivity index (χ1v) is 10.1. The number of methoxy groups -OCH3 is 1. The van der Waals surface area contributed by atoms with Crippen molar-refractivity contribution in [3.63, 3.8) is 0 Å². The van der Waals surface area contributed by atoms with Gasteiger partial charge in [-0.1, -0.05) is 6.07 Å². The number of nitrogens with one attached hydrogen (secondary N) is 2. The molecule has 1 aliphatic rings. The van der Waals surface area contributed by atoms with E-state index in [9.17, 15) is 0 Å². The summed E-state index contributed by atoms with van der Waals surface area (Å²) < 4.78 is 17.1. The summed E-state index contributed by atoms with van der Waals surface area (Å²) in [7, 11) is 3.37. The zero-order valence-electron chi connectivity index (χ0n) is 17.4. The highest BCUT2D eigenvalue weighted by Crippen LogP contribution is 2.30. The van der Waals surface area contributed by atoms with Crippen LogP contribution in [0.25, 0.3) is 0 Å². The number of pyridine rings is 1. The van der Waals surface area contributed by atoms with Crippen LogP contribution >= 0.6 is 0 Å². The standard InChI is InChI=1S/C22H30N4O3/c1-4-28-20-14-17(11-12-19(20)27-3)26-22(23-2)25-15-16-8-7-13-24-21(16)29-18-9-5-6-10-18/h7-8,11-14,18H,4-6,9-10,15H2,1-3H3,(H2,23,25,26). The van der Waals surface area contributed by atoms with Crippen molar-refractivity contribution in [2.45, 2.75) is 45.3 Å². The molecule has 1 saturated carbocycles. The van der Waals surface area contributed by atoms with Crippen molar-refractivity contribution in [3.8, 4) is 17.4 Å². The van der Waals surface area contributed by atoms with E-state index in [2.05, 4.69) is 20.6 Å². The predicted molar refractivity (Wildman–Crippen MR) is 115 cm³/mol. The number of anilines is 1. The first kappa shape index (κ1) is 20.8. The largest absolute Gasteiger partial charge is 0.493 e. The van der Waals surface area contributed by atoms with Gasteiger partial charge in [-0.25, -0.2) is 4.98 Å². The summed E-state index contributed by atoms with van der Waals surface area (Å²) in [5.74, 6) is 2.73. The lowest BCUT2D eigenvalue weighted by Gasteiger charge is -2.17. The third-order valence-corrected chi connectivity index (χ3v) is 4.83. The number of nitrogens with zero attached hydrogens (tertiary/aromatic N) is 2. The fourth-order valence-electron chi connectivity index (χ4n) is 3.35. The first-order chi connectivity index (χ1) is 14.2. The predicted octanol–water partition coefficient (Wildman–Crippen LogP) is 4.00. The molecule has 2 aromatic rings. The summed E-state index contributed by atoms with van der Waals surface area (Å²) in [4.78, 5) is 8.74. The molecule has 1 aromatic carbocycles. The average molecular weight is 399 g/mol. The molecule has 0 amide bonds. The Morgan fingerprint density at radius 2 is 2.03 bits per heavy atom. The van der Waals surface area contributed by atoms with E-state index in [1.807, 2.05) is 37.3 Å². The molecule has 0 aliphatic heterocycles. The molecule has 7 nitrogen and oxygen atoms in total. The Morgan fingerprint density at radius 1 is 1.21 bits per heavy atom. The number of aliphatic imine (C=N–C) groups is 1. The van der Waals surface area contributed by atoms with Gasteiger partial charge in [0, 0.05) is 37.1 Å². The van der Waals surface area contributed by atoms with E-state index >= 15 is 0 Å². The SMILES string of the molecule is CCOc1cc(NC(=NC)NCc2cccnc2OC2CCCC2)ccc1OC. The van der Waals surface area contributed by atoms with Crippen molar-refractivity contribution in [1.29, 1.82) is 0 Å². The number of rotatable bonds is 8. The van der Waals surface area contributed by atoms with Crippen LogP contribution in [0.2, 0.25) is 0 Å². The Balaban J connectivity index is 1.63. The van der Waals surface area contributed by atoms with Crippen LogP contribution in [-0.4, -0.2) is 37.8 Å². The quantitative estimate of drug-likeness (QED) is 0.517. The van der Waals surface area contributed by atoms with Gasteiger partial charge in [0.1, 0.15) is 6.10 Å². The Hall–Kier alpha value is -2.96. The summed E-state index contributed by atoms with van der Waals surface area (Å²) in [6, 6.07) is 9.64. The van der Waals surface area contributed by atoms with Gasteiger partial charge in [0.2, 0.25) is 5.88 Å². The van der Waals surface area contributed by atoms with Crippen molar-refractivity contribution in [3.05, 3.63) is 42.1 Å². The van der Waals surface area contributed by atoms with E-state index < -0.39 is 0 Å². The van der Waals surface area contributed by atoms with Gasteiger partial charge < -0.3 is 24.8 Å². The molecule has 3 rings (SSSR count). The molecule has 0 unspecified atom stereocenters. The number of ether oxygens (including phenoxy) is 3. The minimum atomic E-state index is 0.275. The molecule has 0 spiro atoms. The lowest BCUT2D eigenvalue weighted by Crippen LogP contribution is -2.30. The van der Waals surface area contributed by atoms with Gasteiger partial charge in [0.15, 0.2) is 17.5 Å². The number of benzene rings is 1. The number of hydrogen-bond acceptors (Lipinski definition) is 5. The van der Waals surface area contributed by atoms with Crippen molar-refractivity contribution < 1.29 is 14.2 Å². The molecule has 29 heavy (non-hydrogen) atoms. The van der Waals surface area contributed by atoms with E-state index in [-0.39, 0.29) is 6.10 Å². The van der Waals surface area contributed by atoms with Gasteiger partial charge in [-0.05, 0) is 50.8 Å². The Bertz CT molecular complexity index is 819. The van der Waals surface area contributed by atoms with E-state index in [0.29, 0.717) is 36.5 Å². The lowest BCUT2D eigenvalue weighted by atomic mass is 10.2. The van der Waals surface area contributed by atoms with Crippen LogP contribution in [-0.2, 0) is 6.54 Å². The van der Waals surface area contributed by atoms with Crippen LogP contribution in [0.4, 0.5) is 5.69 Å². The molecule has 1 aromatic heterocycles. The van der Waals surface area contributed by atoms with E-state index in [0.717, 1.165) is 24.1 Å². The summed E-state index contributed by atoms with van der Waals surface area (Å²) in [5.41, 5.74) is 1.86.